The summed E-state index contributed by atoms with van der Waals surface area (Å²) in [5, 5.41) is 3.77. The lowest BCUT2D eigenvalue weighted by Crippen LogP contribution is -2.58. The molecule has 2 unspecified atom stereocenters. The minimum atomic E-state index is 0.548. The highest BCUT2D eigenvalue weighted by Gasteiger charge is 2.39. The van der Waals surface area contributed by atoms with E-state index < -0.39 is 0 Å². The summed E-state index contributed by atoms with van der Waals surface area (Å²) in [6.07, 6.45) is 5.66. The van der Waals surface area contributed by atoms with Gasteiger partial charge in [-0.3, -0.25) is 4.90 Å². The number of piperazine rings is 1. The summed E-state index contributed by atoms with van der Waals surface area (Å²) in [5.41, 5.74) is 0.548. The van der Waals surface area contributed by atoms with Crippen molar-refractivity contribution < 1.29 is 0 Å². The van der Waals surface area contributed by atoms with Crippen LogP contribution in [-0.4, -0.2) is 61.7 Å². The first-order valence-electron chi connectivity index (χ1n) is 8.22. The van der Waals surface area contributed by atoms with Crippen LogP contribution in [0.15, 0.2) is 0 Å². The van der Waals surface area contributed by atoms with Gasteiger partial charge in [0.1, 0.15) is 0 Å². The molecule has 3 fully saturated rings. The van der Waals surface area contributed by atoms with Crippen molar-refractivity contribution in [2.45, 2.75) is 51.6 Å². The first-order valence-corrected chi connectivity index (χ1v) is 8.22. The highest BCUT2D eigenvalue weighted by Crippen LogP contribution is 2.36. The summed E-state index contributed by atoms with van der Waals surface area (Å²) in [4.78, 5) is 5.26. The molecule has 0 aromatic rings. The van der Waals surface area contributed by atoms with Crippen LogP contribution >= 0.6 is 0 Å². The van der Waals surface area contributed by atoms with Gasteiger partial charge in [-0.2, -0.15) is 0 Å². The number of nitrogens with one attached hydrogen (secondary N) is 1. The van der Waals surface area contributed by atoms with E-state index >= 15 is 0 Å². The Morgan fingerprint density at radius 2 is 1.89 bits per heavy atom. The van der Waals surface area contributed by atoms with Gasteiger partial charge in [0.25, 0.3) is 0 Å². The summed E-state index contributed by atoms with van der Waals surface area (Å²) in [6, 6.07) is 1.50. The van der Waals surface area contributed by atoms with Gasteiger partial charge in [0, 0.05) is 31.7 Å². The fourth-order valence-corrected chi connectivity index (χ4v) is 3.79. The van der Waals surface area contributed by atoms with Crippen molar-refractivity contribution in [3.05, 3.63) is 0 Å². The Balaban J connectivity index is 1.57. The van der Waals surface area contributed by atoms with Gasteiger partial charge in [-0.15, -0.1) is 0 Å². The van der Waals surface area contributed by atoms with Crippen LogP contribution in [-0.2, 0) is 0 Å². The molecule has 3 nitrogen and oxygen atoms in total. The van der Waals surface area contributed by atoms with Crippen molar-refractivity contribution in [1.82, 2.24) is 15.1 Å². The van der Waals surface area contributed by atoms with E-state index in [1.54, 1.807) is 0 Å². The molecule has 0 radical (unpaired) electrons. The fraction of sp³-hybridized carbons (Fsp3) is 1.00. The van der Waals surface area contributed by atoms with E-state index in [0.29, 0.717) is 11.5 Å². The molecule has 0 amide bonds. The summed E-state index contributed by atoms with van der Waals surface area (Å²) >= 11 is 0. The van der Waals surface area contributed by atoms with Crippen molar-refractivity contribution in [2.75, 3.05) is 39.8 Å². The molecule has 2 saturated heterocycles. The van der Waals surface area contributed by atoms with Crippen molar-refractivity contribution in [1.29, 1.82) is 0 Å². The van der Waals surface area contributed by atoms with E-state index in [9.17, 15) is 0 Å². The number of rotatable bonds is 3. The smallest absolute Gasteiger partial charge is 0.0224 e. The third-order valence-electron chi connectivity index (χ3n) is 5.70. The number of nitrogens with zero attached hydrogens (tertiary/aromatic N) is 2. The minimum Gasteiger partial charge on any atom is -0.311 e. The molecule has 1 aliphatic carbocycles. The van der Waals surface area contributed by atoms with Crippen LogP contribution in [0.5, 0.6) is 0 Å². The second-order valence-corrected chi connectivity index (χ2v) is 7.74. The Morgan fingerprint density at radius 3 is 2.53 bits per heavy atom. The lowest BCUT2D eigenvalue weighted by molar-refractivity contribution is 0.0447. The first kappa shape index (κ1) is 13.8. The van der Waals surface area contributed by atoms with Gasteiger partial charge in [0.15, 0.2) is 0 Å². The average Bonchev–Trinajstić information content (AvgIpc) is 3.21. The predicted molar refractivity (Wildman–Crippen MR) is 80.4 cm³/mol. The maximum Gasteiger partial charge on any atom is 0.0224 e. The van der Waals surface area contributed by atoms with Crippen LogP contribution in [0.1, 0.15) is 39.5 Å². The zero-order valence-electron chi connectivity index (χ0n) is 13.0. The third-order valence-corrected chi connectivity index (χ3v) is 5.70. The summed E-state index contributed by atoms with van der Waals surface area (Å²) < 4.78 is 0. The molecule has 3 aliphatic rings. The molecule has 1 saturated carbocycles. The Labute approximate surface area is 118 Å². The molecular formula is C16H31N3. The highest BCUT2D eigenvalue weighted by atomic mass is 15.2. The van der Waals surface area contributed by atoms with Crippen molar-refractivity contribution in [3.63, 3.8) is 0 Å². The van der Waals surface area contributed by atoms with E-state index in [0.717, 1.165) is 12.0 Å². The molecule has 3 rings (SSSR count). The topological polar surface area (TPSA) is 18.5 Å². The van der Waals surface area contributed by atoms with E-state index in [2.05, 4.69) is 36.0 Å². The van der Waals surface area contributed by atoms with Gasteiger partial charge in [0.2, 0.25) is 0 Å². The molecule has 3 heteroatoms. The van der Waals surface area contributed by atoms with E-state index in [4.69, 9.17) is 0 Å². The molecule has 0 aromatic carbocycles. The van der Waals surface area contributed by atoms with Crippen LogP contribution in [0, 0.1) is 11.3 Å². The summed E-state index contributed by atoms with van der Waals surface area (Å²) in [6.45, 7) is 11.3. The van der Waals surface area contributed by atoms with Gasteiger partial charge in [-0.05, 0) is 64.1 Å². The monoisotopic (exact) mass is 265 g/mol. The molecule has 0 bridgehead atoms. The first-order chi connectivity index (χ1) is 9.06. The maximum absolute atomic E-state index is 3.77. The SMILES string of the molecule is CC1CNC(C2CC2)CN1CC1(C)CCN(C)CC1. The normalized spacial score (nSPS) is 37.4. The molecule has 1 N–H and O–H groups in total. The third kappa shape index (κ3) is 3.32. The largest absolute Gasteiger partial charge is 0.311 e. The zero-order chi connectivity index (χ0) is 13.5. The molecule has 19 heavy (non-hydrogen) atoms. The zero-order valence-corrected chi connectivity index (χ0v) is 13.0. The number of hydrogen-bond donors (Lipinski definition) is 1. The molecule has 0 spiro atoms. The fourth-order valence-electron chi connectivity index (χ4n) is 3.79. The highest BCUT2D eigenvalue weighted by molar-refractivity contribution is 4.95. The Morgan fingerprint density at radius 1 is 1.21 bits per heavy atom. The van der Waals surface area contributed by atoms with Crippen LogP contribution in [0.25, 0.3) is 0 Å². The Hall–Kier alpha value is -0.120. The van der Waals surface area contributed by atoms with Gasteiger partial charge in [0.05, 0.1) is 0 Å². The van der Waals surface area contributed by atoms with Gasteiger partial charge in [-0.1, -0.05) is 6.92 Å². The minimum absolute atomic E-state index is 0.548. The van der Waals surface area contributed by atoms with Crippen LogP contribution < -0.4 is 5.32 Å². The van der Waals surface area contributed by atoms with Crippen molar-refractivity contribution in [2.24, 2.45) is 11.3 Å². The van der Waals surface area contributed by atoms with Crippen LogP contribution in [0.4, 0.5) is 0 Å². The number of piperidine rings is 1. The van der Waals surface area contributed by atoms with E-state index in [1.165, 1.54) is 58.4 Å². The maximum atomic E-state index is 3.77. The second-order valence-electron chi connectivity index (χ2n) is 7.74. The molecule has 0 aromatic heterocycles. The second kappa shape index (κ2) is 5.34. The quantitative estimate of drug-likeness (QED) is 0.839. The van der Waals surface area contributed by atoms with Gasteiger partial charge in [-0.25, -0.2) is 0 Å². The van der Waals surface area contributed by atoms with Gasteiger partial charge >= 0.3 is 0 Å². The molecular weight excluding hydrogens is 234 g/mol. The average molecular weight is 265 g/mol. The van der Waals surface area contributed by atoms with E-state index in [-0.39, 0.29) is 0 Å². The summed E-state index contributed by atoms with van der Waals surface area (Å²) in [5.74, 6) is 0.986. The Bertz CT molecular complexity index is 305. The van der Waals surface area contributed by atoms with Crippen molar-refractivity contribution in [3.8, 4) is 0 Å². The lowest BCUT2D eigenvalue weighted by Gasteiger charge is -2.46. The molecule has 110 valence electrons. The van der Waals surface area contributed by atoms with Crippen LogP contribution in [0.2, 0.25) is 0 Å². The lowest BCUT2D eigenvalue weighted by atomic mass is 9.79. The standard InChI is InChI=1S/C16H31N3/c1-13-10-17-15(14-4-5-14)11-19(13)12-16(2)6-8-18(3)9-7-16/h13-15,17H,4-12H2,1-3H3. The Kier molecular flexibility index (Phi) is 3.89. The van der Waals surface area contributed by atoms with Gasteiger partial charge < -0.3 is 10.2 Å². The van der Waals surface area contributed by atoms with Crippen molar-refractivity contribution >= 4 is 0 Å². The summed E-state index contributed by atoms with van der Waals surface area (Å²) in [7, 11) is 2.26. The molecule has 2 aliphatic heterocycles. The molecule has 2 heterocycles. The van der Waals surface area contributed by atoms with E-state index in [1.807, 2.05) is 0 Å². The number of likely N-dealkylation sites (tertiary alicyclic amines) is 1. The number of hydrogen-bond acceptors (Lipinski definition) is 3. The predicted octanol–water partition coefficient (Wildman–Crippen LogP) is 1.79. The molecule has 2 atom stereocenters. The van der Waals surface area contributed by atoms with Crippen LogP contribution in [0.3, 0.4) is 0 Å².